The number of fused-ring (bicyclic) bond motifs is 1. The Hall–Kier alpha value is -2.52. The molecular weight excluding hydrogens is 388 g/mol. The van der Waals surface area contributed by atoms with Crippen LogP contribution in [0.1, 0.15) is 19.9 Å². The van der Waals surface area contributed by atoms with Crippen LogP contribution in [0.3, 0.4) is 0 Å². The molecule has 2 aromatic carbocycles. The zero-order chi connectivity index (χ0) is 19.8. The molecule has 9 heteroatoms. The van der Waals surface area contributed by atoms with E-state index < -0.39 is 10.0 Å². The average Bonchev–Trinajstić information content (AvgIpc) is 2.96. The molecule has 0 aliphatic carbocycles. The molecule has 0 aliphatic heterocycles. The van der Waals surface area contributed by atoms with Crippen molar-refractivity contribution in [2.24, 2.45) is 0 Å². The Morgan fingerprint density at radius 1 is 1.04 bits per heavy atom. The van der Waals surface area contributed by atoms with E-state index in [1.54, 1.807) is 28.8 Å². The summed E-state index contributed by atoms with van der Waals surface area (Å²) in [7, 11) is -0.841. The number of hydrogen-bond donors (Lipinski definition) is 1. The van der Waals surface area contributed by atoms with Crippen molar-refractivity contribution in [2.45, 2.75) is 24.8 Å². The number of anilines is 1. The van der Waals surface area contributed by atoms with Gasteiger partial charge in [0, 0.05) is 12.1 Å². The van der Waals surface area contributed by atoms with E-state index in [2.05, 4.69) is 4.72 Å². The number of aromatic nitrogens is 1. The summed E-state index contributed by atoms with van der Waals surface area (Å²) >= 11 is 1.03. The summed E-state index contributed by atoms with van der Waals surface area (Å²) < 4.78 is 40.7. The summed E-state index contributed by atoms with van der Waals surface area (Å²) in [5.74, 6) is 0.919. The number of hydrogen-bond acceptors (Lipinski definition) is 6. The summed E-state index contributed by atoms with van der Waals surface area (Å²) in [5, 5.41) is 0. The highest BCUT2D eigenvalue weighted by molar-refractivity contribution is 7.92. The van der Waals surface area contributed by atoms with Crippen molar-refractivity contribution in [3.8, 4) is 11.5 Å². The van der Waals surface area contributed by atoms with Crippen LogP contribution in [0.5, 0.6) is 11.5 Å². The molecule has 0 radical (unpaired) electrons. The van der Waals surface area contributed by atoms with E-state index in [0.29, 0.717) is 21.9 Å². The predicted molar refractivity (Wildman–Crippen MR) is 107 cm³/mol. The average molecular weight is 409 g/mol. The maximum absolute atomic E-state index is 12.8. The van der Waals surface area contributed by atoms with Gasteiger partial charge in [0.05, 0.1) is 35.0 Å². The fourth-order valence-corrected chi connectivity index (χ4v) is 4.99. The molecule has 0 spiro atoms. The highest BCUT2D eigenvalue weighted by atomic mass is 32.2. The van der Waals surface area contributed by atoms with Gasteiger partial charge in [0.1, 0.15) is 0 Å². The Morgan fingerprint density at radius 2 is 1.74 bits per heavy atom. The molecule has 0 saturated heterocycles. The van der Waals surface area contributed by atoms with Gasteiger partial charge in [-0.05, 0) is 44.2 Å². The lowest BCUT2D eigenvalue weighted by Crippen LogP contribution is -2.15. The van der Waals surface area contributed by atoms with Gasteiger partial charge in [0.15, 0.2) is 11.5 Å². The van der Waals surface area contributed by atoms with Crippen molar-refractivity contribution < 1.29 is 17.9 Å². The highest BCUT2D eigenvalue weighted by Gasteiger charge is 2.18. The molecule has 1 N–H and O–H groups in total. The number of ether oxygens (including phenoxy) is 2. The first-order chi connectivity index (χ1) is 12.8. The van der Waals surface area contributed by atoms with E-state index in [1.807, 2.05) is 13.8 Å². The van der Waals surface area contributed by atoms with E-state index in [9.17, 15) is 13.2 Å². The standard InChI is InChI=1S/C18H20N2O5S2/c1-11(2)20-14-7-6-13(10-17(14)26-18(20)21)27(22,23)19-12-5-8-15(24-3)16(9-12)25-4/h5-11,19H,1-4H3. The number of rotatable bonds is 6. The molecule has 144 valence electrons. The van der Waals surface area contributed by atoms with Crippen molar-refractivity contribution in [1.82, 2.24) is 4.57 Å². The number of nitrogens with zero attached hydrogens (tertiary/aromatic N) is 1. The second-order valence-electron chi connectivity index (χ2n) is 6.14. The second kappa shape index (κ2) is 7.24. The molecule has 0 amide bonds. The fraction of sp³-hybridized carbons (Fsp3) is 0.278. The summed E-state index contributed by atoms with van der Waals surface area (Å²) in [5.41, 5.74) is 1.07. The quantitative estimate of drug-likeness (QED) is 0.675. The molecule has 0 fully saturated rings. The van der Waals surface area contributed by atoms with Gasteiger partial charge >= 0.3 is 4.87 Å². The van der Waals surface area contributed by atoms with Gasteiger partial charge in [-0.2, -0.15) is 0 Å². The van der Waals surface area contributed by atoms with Crippen LogP contribution in [-0.2, 0) is 10.0 Å². The van der Waals surface area contributed by atoms with Gasteiger partial charge in [-0.25, -0.2) is 8.42 Å². The first-order valence-electron chi connectivity index (χ1n) is 8.16. The molecule has 0 saturated carbocycles. The Labute approximate surface area is 161 Å². The third kappa shape index (κ3) is 3.65. The first kappa shape index (κ1) is 19.2. The van der Waals surface area contributed by atoms with Gasteiger partial charge in [-0.3, -0.25) is 14.1 Å². The van der Waals surface area contributed by atoms with Crippen LogP contribution in [-0.4, -0.2) is 27.2 Å². The van der Waals surface area contributed by atoms with Gasteiger partial charge in [-0.1, -0.05) is 11.3 Å². The van der Waals surface area contributed by atoms with Crippen molar-refractivity contribution in [1.29, 1.82) is 0 Å². The van der Waals surface area contributed by atoms with Gasteiger partial charge in [0.25, 0.3) is 10.0 Å². The number of nitrogens with one attached hydrogen (secondary N) is 1. The van der Waals surface area contributed by atoms with Crippen LogP contribution in [0.25, 0.3) is 10.2 Å². The Morgan fingerprint density at radius 3 is 2.37 bits per heavy atom. The summed E-state index contributed by atoms with van der Waals surface area (Å²) in [6.45, 7) is 3.83. The Kier molecular flexibility index (Phi) is 5.16. The highest BCUT2D eigenvalue weighted by Crippen LogP contribution is 2.31. The van der Waals surface area contributed by atoms with Gasteiger partial charge < -0.3 is 9.47 Å². The topological polar surface area (TPSA) is 86.6 Å². The maximum Gasteiger partial charge on any atom is 0.308 e. The minimum atomic E-state index is -3.82. The summed E-state index contributed by atoms with van der Waals surface area (Å²) in [6.07, 6.45) is 0. The molecule has 0 bridgehead atoms. The molecule has 7 nitrogen and oxygen atoms in total. The van der Waals surface area contributed by atoms with E-state index in [-0.39, 0.29) is 15.8 Å². The van der Waals surface area contributed by atoms with E-state index in [4.69, 9.17) is 9.47 Å². The van der Waals surface area contributed by atoms with Crippen LogP contribution in [0.15, 0.2) is 46.1 Å². The molecule has 3 aromatic rings. The molecule has 27 heavy (non-hydrogen) atoms. The molecule has 3 rings (SSSR count). The summed E-state index contributed by atoms with van der Waals surface area (Å²) in [4.78, 5) is 12.1. The number of thiazole rings is 1. The molecule has 0 atom stereocenters. The smallest absolute Gasteiger partial charge is 0.308 e. The maximum atomic E-state index is 12.8. The minimum absolute atomic E-state index is 0.00130. The lowest BCUT2D eigenvalue weighted by Gasteiger charge is -2.12. The van der Waals surface area contributed by atoms with Crippen LogP contribution in [0.4, 0.5) is 5.69 Å². The Bertz CT molecular complexity index is 1150. The van der Waals surface area contributed by atoms with Crippen molar-refractivity contribution in [3.05, 3.63) is 46.1 Å². The number of methoxy groups -OCH3 is 2. The molecule has 0 unspecified atom stereocenters. The van der Waals surface area contributed by atoms with Gasteiger partial charge in [-0.15, -0.1) is 0 Å². The lowest BCUT2D eigenvalue weighted by atomic mass is 10.3. The number of sulfonamides is 1. The van der Waals surface area contributed by atoms with Gasteiger partial charge in [0.2, 0.25) is 0 Å². The van der Waals surface area contributed by atoms with Crippen molar-refractivity contribution >= 4 is 37.3 Å². The lowest BCUT2D eigenvalue weighted by molar-refractivity contribution is 0.355. The minimum Gasteiger partial charge on any atom is -0.493 e. The SMILES string of the molecule is COc1ccc(NS(=O)(=O)c2ccc3c(c2)sc(=O)n3C(C)C)cc1OC. The molecular formula is C18H20N2O5S2. The monoisotopic (exact) mass is 408 g/mol. The fourth-order valence-electron chi connectivity index (χ4n) is 2.79. The van der Waals surface area contributed by atoms with Crippen LogP contribution in [0, 0.1) is 0 Å². The number of benzene rings is 2. The van der Waals surface area contributed by atoms with Crippen molar-refractivity contribution in [2.75, 3.05) is 18.9 Å². The zero-order valence-corrected chi connectivity index (χ0v) is 17.0. The first-order valence-corrected chi connectivity index (χ1v) is 10.5. The summed E-state index contributed by atoms with van der Waals surface area (Å²) in [6, 6.07) is 9.43. The Balaban J connectivity index is 1.99. The van der Waals surface area contributed by atoms with E-state index in [0.717, 1.165) is 16.9 Å². The molecule has 1 aromatic heterocycles. The predicted octanol–water partition coefficient (Wildman–Crippen LogP) is 3.46. The van der Waals surface area contributed by atoms with Crippen LogP contribution >= 0.6 is 11.3 Å². The third-order valence-electron chi connectivity index (χ3n) is 4.05. The molecule has 0 aliphatic rings. The molecule has 1 heterocycles. The van der Waals surface area contributed by atoms with Crippen LogP contribution in [0.2, 0.25) is 0 Å². The van der Waals surface area contributed by atoms with Crippen molar-refractivity contribution in [3.63, 3.8) is 0 Å². The van der Waals surface area contributed by atoms with E-state index in [1.165, 1.54) is 26.4 Å². The van der Waals surface area contributed by atoms with E-state index >= 15 is 0 Å². The largest absolute Gasteiger partial charge is 0.493 e. The normalized spacial score (nSPS) is 11.7. The zero-order valence-electron chi connectivity index (χ0n) is 15.3. The second-order valence-corrected chi connectivity index (χ2v) is 8.81. The third-order valence-corrected chi connectivity index (χ3v) is 6.34. The van der Waals surface area contributed by atoms with Crippen LogP contribution < -0.4 is 19.1 Å².